The molecule has 16 heavy (non-hydrogen) atoms. The SMILES string of the molecule is CC1OCCC1CNc1nc(N)ncc1Cl. The van der Waals surface area contributed by atoms with Crippen LogP contribution in [0.1, 0.15) is 13.3 Å². The summed E-state index contributed by atoms with van der Waals surface area (Å²) in [5.74, 6) is 1.31. The Balaban J connectivity index is 1.96. The lowest BCUT2D eigenvalue weighted by atomic mass is 10.0. The maximum absolute atomic E-state index is 5.94. The summed E-state index contributed by atoms with van der Waals surface area (Å²) in [7, 11) is 0. The van der Waals surface area contributed by atoms with Gasteiger partial charge in [-0.15, -0.1) is 0 Å². The molecular formula is C10H15ClN4O. The Morgan fingerprint density at radius 2 is 2.50 bits per heavy atom. The molecule has 6 heteroatoms. The van der Waals surface area contributed by atoms with Crippen LogP contribution in [0.2, 0.25) is 5.02 Å². The molecule has 3 N–H and O–H groups in total. The molecule has 0 amide bonds. The zero-order valence-electron chi connectivity index (χ0n) is 9.11. The van der Waals surface area contributed by atoms with Crippen LogP contribution in [0.15, 0.2) is 6.20 Å². The van der Waals surface area contributed by atoms with Crippen LogP contribution in [0, 0.1) is 5.92 Å². The molecule has 88 valence electrons. The van der Waals surface area contributed by atoms with E-state index in [1.54, 1.807) is 0 Å². The molecule has 2 rings (SSSR count). The molecule has 1 fully saturated rings. The third-order valence-electron chi connectivity index (χ3n) is 2.83. The lowest BCUT2D eigenvalue weighted by Crippen LogP contribution is -2.21. The van der Waals surface area contributed by atoms with E-state index in [1.165, 1.54) is 6.20 Å². The number of anilines is 2. The van der Waals surface area contributed by atoms with Gasteiger partial charge in [-0.3, -0.25) is 0 Å². The van der Waals surface area contributed by atoms with Gasteiger partial charge in [-0.2, -0.15) is 4.98 Å². The number of nitrogens with zero attached hydrogens (tertiary/aromatic N) is 2. The van der Waals surface area contributed by atoms with Crippen LogP contribution in [0.4, 0.5) is 11.8 Å². The molecule has 1 aliphatic rings. The largest absolute Gasteiger partial charge is 0.378 e. The van der Waals surface area contributed by atoms with Crippen LogP contribution in [0.3, 0.4) is 0 Å². The highest BCUT2D eigenvalue weighted by molar-refractivity contribution is 6.32. The Morgan fingerprint density at radius 3 is 3.19 bits per heavy atom. The van der Waals surface area contributed by atoms with Crippen molar-refractivity contribution in [3.8, 4) is 0 Å². The molecule has 2 atom stereocenters. The first-order valence-electron chi connectivity index (χ1n) is 5.30. The second kappa shape index (κ2) is 4.84. The van der Waals surface area contributed by atoms with Gasteiger partial charge < -0.3 is 15.8 Å². The highest BCUT2D eigenvalue weighted by atomic mass is 35.5. The average Bonchev–Trinajstić information content (AvgIpc) is 2.66. The van der Waals surface area contributed by atoms with E-state index >= 15 is 0 Å². The number of ether oxygens (including phenoxy) is 1. The lowest BCUT2D eigenvalue weighted by molar-refractivity contribution is 0.108. The smallest absolute Gasteiger partial charge is 0.222 e. The van der Waals surface area contributed by atoms with Gasteiger partial charge in [0.2, 0.25) is 5.95 Å². The number of hydrogen-bond donors (Lipinski definition) is 2. The van der Waals surface area contributed by atoms with Crippen LogP contribution in [-0.2, 0) is 4.74 Å². The molecule has 1 aliphatic heterocycles. The van der Waals surface area contributed by atoms with Crippen LogP contribution in [0.5, 0.6) is 0 Å². The zero-order chi connectivity index (χ0) is 11.5. The lowest BCUT2D eigenvalue weighted by Gasteiger charge is -2.15. The van der Waals surface area contributed by atoms with Crippen molar-refractivity contribution >= 4 is 23.4 Å². The number of nitrogen functional groups attached to an aromatic ring is 1. The first-order valence-corrected chi connectivity index (χ1v) is 5.68. The van der Waals surface area contributed by atoms with Gasteiger partial charge in [0.15, 0.2) is 0 Å². The topological polar surface area (TPSA) is 73.1 Å². The summed E-state index contributed by atoms with van der Waals surface area (Å²) < 4.78 is 5.48. The van der Waals surface area contributed by atoms with Crippen molar-refractivity contribution in [3.63, 3.8) is 0 Å². The Bertz CT molecular complexity index is 374. The van der Waals surface area contributed by atoms with E-state index in [0.29, 0.717) is 16.8 Å². The van der Waals surface area contributed by atoms with Gasteiger partial charge >= 0.3 is 0 Å². The molecule has 2 heterocycles. The molecule has 1 saturated heterocycles. The molecule has 5 nitrogen and oxygen atoms in total. The number of hydrogen-bond acceptors (Lipinski definition) is 5. The molecule has 1 aromatic heterocycles. The first-order chi connectivity index (χ1) is 7.66. The average molecular weight is 243 g/mol. The Morgan fingerprint density at radius 1 is 1.69 bits per heavy atom. The maximum Gasteiger partial charge on any atom is 0.222 e. The number of nitrogens with one attached hydrogen (secondary N) is 1. The molecule has 0 aromatic carbocycles. The highest BCUT2D eigenvalue weighted by Gasteiger charge is 2.24. The fourth-order valence-electron chi connectivity index (χ4n) is 1.78. The molecule has 0 bridgehead atoms. The minimum absolute atomic E-state index is 0.225. The van der Waals surface area contributed by atoms with E-state index in [2.05, 4.69) is 22.2 Å². The number of halogens is 1. The van der Waals surface area contributed by atoms with Gasteiger partial charge in [0.05, 0.1) is 12.3 Å². The fraction of sp³-hybridized carbons (Fsp3) is 0.600. The van der Waals surface area contributed by atoms with E-state index in [4.69, 9.17) is 22.1 Å². The summed E-state index contributed by atoms with van der Waals surface area (Å²) in [4.78, 5) is 7.85. The van der Waals surface area contributed by atoms with E-state index in [0.717, 1.165) is 19.6 Å². The second-order valence-corrected chi connectivity index (χ2v) is 4.34. The van der Waals surface area contributed by atoms with Gasteiger partial charge in [-0.05, 0) is 13.3 Å². The van der Waals surface area contributed by atoms with Crippen LogP contribution in [-0.4, -0.2) is 29.2 Å². The van der Waals surface area contributed by atoms with Crippen molar-refractivity contribution < 1.29 is 4.74 Å². The third kappa shape index (κ3) is 2.54. The van der Waals surface area contributed by atoms with E-state index in [-0.39, 0.29) is 12.1 Å². The van der Waals surface area contributed by atoms with Crippen molar-refractivity contribution in [3.05, 3.63) is 11.2 Å². The van der Waals surface area contributed by atoms with Gasteiger partial charge in [0.1, 0.15) is 10.8 Å². The number of rotatable bonds is 3. The standard InChI is InChI=1S/C10H15ClN4O/c1-6-7(2-3-16-6)4-13-9-8(11)5-14-10(12)15-9/h5-7H,2-4H2,1H3,(H3,12,13,14,15). The monoisotopic (exact) mass is 242 g/mol. The zero-order valence-corrected chi connectivity index (χ0v) is 9.87. The predicted molar refractivity (Wildman–Crippen MR) is 63.5 cm³/mol. The van der Waals surface area contributed by atoms with E-state index < -0.39 is 0 Å². The van der Waals surface area contributed by atoms with Gasteiger partial charge in [0.25, 0.3) is 0 Å². The third-order valence-corrected chi connectivity index (χ3v) is 3.10. The number of nitrogens with two attached hydrogens (primary N) is 1. The molecule has 0 aliphatic carbocycles. The van der Waals surface area contributed by atoms with Gasteiger partial charge in [-0.1, -0.05) is 11.6 Å². The summed E-state index contributed by atoms with van der Waals surface area (Å²) in [6, 6.07) is 0. The summed E-state index contributed by atoms with van der Waals surface area (Å²) in [5.41, 5.74) is 5.49. The molecule has 0 radical (unpaired) electrons. The summed E-state index contributed by atoms with van der Waals surface area (Å²) in [6.45, 7) is 3.69. The summed E-state index contributed by atoms with van der Waals surface area (Å²) in [5, 5.41) is 3.67. The van der Waals surface area contributed by atoms with Crippen molar-refractivity contribution in [2.75, 3.05) is 24.2 Å². The molecule has 2 unspecified atom stereocenters. The quantitative estimate of drug-likeness (QED) is 0.841. The summed E-state index contributed by atoms with van der Waals surface area (Å²) >= 11 is 5.94. The van der Waals surface area contributed by atoms with Crippen LogP contribution in [0.25, 0.3) is 0 Å². The normalized spacial score (nSPS) is 24.6. The molecule has 0 saturated carbocycles. The molecule has 1 aromatic rings. The van der Waals surface area contributed by atoms with Crippen molar-refractivity contribution in [2.24, 2.45) is 5.92 Å². The van der Waals surface area contributed by atoms with Crippen molar-refractivity contribution in [2.45, 2.75) is 19.4 Å². The van der Waals surface area contributed by atoms with Gasteiger partial charge in [0, 0.05) is 19.1 Å². The maximum atomic E-state index is 5.94. The van der Waals surface area contributed by atoms with Gasteiger partial charge in [-0.25, -0.2) is 4.98 Å². The Kier molecular flexibility index (Phi) is 3.46. The minimum atomic E-state index is 0.225. The Hall–Kier alpha value is -1.07. The van der Waals surface area contributed by atoms with Crippen molar-refractivity contribution in [1.29, 1.82) is 0 Å². The highest BCUT2D eigenvalue weighted by Crippen LogP contribution is 2.23. The fourth-order valence-corrected chi connectivity index (χ4v) is 1.93. The Labute approximate surface area is 99.4 Å². The molecule has 0 spiro atoms. The molecular weight excluding hydrogens is 228 g/mol. The number of aromatic nitrogens is 2. The van der Waals surface area contributed by atoms with Crippen molar-refractivity contribution in [1.82, 2.24) is 9.97 Å². The summed E-state index contributed by atoms with van der Waals surface area (Å²) in [6.07, 6.45) is 2.85. The first kappa shape index (κ1) is 11.4. The van der Waals surface area contributed by atoms with E-state index in [1.807, 2.05) is 0 Å². The van der Waals surface area contributed by atoms with E-state index in [9.17, 15) is 0 Å². The predicted octanol–water partition coefficient (Wildman–Crippen LogP) is 1.55. The van der Waals surface area contributed by atoms with Crippen LogP contribution < -0.4 is 11.1 Å². The second-order valence-electron chi connectivity index (χ2n) is 3.93. The minimum Gasteiger partial charge on any atom is -0.378 e. The van der Waals surface area contributed by atoms with Crippen LogP contribution >= 0.6 is 11.6 Å².